The van der Waals surface area contributed by atoms with Crippen LogP contribution in [0.3, 0.4) is 0 Å². The number of hydrogen-bond donors (Lipinski definition) is 2. The number of fused-ring (bicyclic) bond motifs is 2. The van der Waals surface area contributed by atoms with Gasteiger partial charge < -0.3 is 24.8 Å². The van der Waals surface area contributed by atoms with Gasteiger partial charge in [0.15, 0.2) is 17.3 Å². The van der Waals surface area contributed by atoms with Gasteiger partial charge in [-0.3, -0.25) is 4.79 Å². The molecule has 0 saturated heterocycles. The van der Waals surface area contributed by atoms with E-state index in [0.717, 1.165) is 50.4 Å². The van der Waals surface area contributed by atoms with Gasteiger partial charge in [0.05, 0.1) is 24.0 Å². The zero-order valence-electron chi connectivity index (χ0n) is 19.3. The van der Waals surface area contributed by atoms with E-state index in [1.54, 1.807) is 0 Å². The number of allylic oxidation sites excluding steroid dienone is 1. The molecule has 2 N–H and O–H groups in total. The maximum absolute atomic E-state index is 13.8. The lowest BCUT2D eigenvalue weighted by Crippen LogP contribution is -2.27. The van der Waals surface area contributed by atoms with Gasteiger partial charge in [0.2, 0.25) is 6.79 Å². The van der Waals surface area contributed by atoms with Gasteiger partial charge in [-0.25, -0.2) is 0 Å². The van der Waals surface area contributed by atoms with Crippen LogP contribution in [0.15, 0.2) is 76.4 Å². The third kappa shape index (κ3) is 4.04. The smallest absolute Gasteiger partial charge is 0.231 e. The second-order valence-corrected chi connectivity index (χ2v) is 9.75. The number of ketones is 1. The molecule has 2 atom stereocenters. The number of nitrogens with one attached hydrogen (secondary N) is 2. The molecule has 0 bridgehead atoms. The van der Waals surface area contributed by atoms with Crippen LogP contribution < -0.4 is 24.8 Å². The van der Waals surface area contributed by atoms with Crippen molar-refractivity contribution in [3.63, 3.8) is 0 Å². The number of ether oxygens (including phenoxy) is 3. The third-order valence-electron chi connectivity index (χ3n) is 6.77. The first-order valence-corrected chi connectivity index (χ1v) is 12.6. The van der Waals surface area contributed by atoms with E-state index in [2.05, 4.69) is 38.7 Å². The summed E-state index contributed by atoms with van der Waals surface area (Å²) in [5.74, 6) is 2.46. The van der Waals surface area contributed by atoms with Gasteiger partial charge in [-0.1, -0.05) is 40.2 Å². The quantitative estimate of drug-likeness (QED) is 0.396. The first-order valence-electron chi connectivity index (χ1n) is 11.8. The fourth-order valence-electron chi connectivity index (χ4n) is 5.12. The molecule has 0 saturated carbocycles. The van der Waals surface area contributed by atoms with Crippen molar-refractivity contribution in [3.8, 4) is 17.2 Å². The van der Waals surface area contributed by atoms with Crippen molar-refractivity contribution in [2.45, 2.75) is 31.7 Å². The average Bonchev–Trinajstić information content (AvgIpc) is 3.24. The number of carbonyl (C=O) groups excluding carboxylic acids is 1. The Morgan fingerprint density at radius 2 is 1.74 bits per heavy atom. The summed E-state index contributed by atoms with van der Waals surface area (Å²) in [5.41, 5.74) is 5.70. The van der Waals surface area contributed by atoms with Gasteiger partial charge >= 0.3 is 0 Å². The second kappa shape index (κ2) is 8.96. The molecule has 6 rings (SSSR count). The minimum Gasteiger partial charge on any atom is -0.494 e. The molecule has 0 spiro atoms. The molecular weight excluding hydrogens is 508 g/mol. The van der Waals surface area contributed by atoms with Gasteiger partial charge in [0.25, 0.3) is 0 Å². The molecule has 0 fully saturated rings. The molecule has 1 aliphatic carbocycles. The minimum atomic E-state index is -0.334. The highest BCUT2D eigenvalue weighted by molar-refractivity contribution is 9.10. The van der Waals surface area contributed by atoms with Crippen molar-refractivity contribution in [1.82, 2.24) is 0 Å². The molecule has 3 aromatic rings. The van der Waals surface area contributed by atoms with Gasteiger partial charge in [0.1, 0.15) is 5.75 Å². The standard InChI is InChI=1S/C28H25BrN2O4/c1-2-33-18-9-7-16(8-10-18)17-11-23-27(24(32)12-17)28(31-22-6-4-3-5-21(22)30-23)19-13-25-26(14-20(19)29)35-15-34-25/h3-10,13-14,17,28,30-31H,2,11-12,15H2,1H3. The molecule has 7 heteroatoms. The number of anilines is 2. The molecule has 35 heavy (non-hydrogen) atoms. The third-order valence-corrected chi connectivity index (χ3v) is 7.46. The molecule has 0 amide bonds. The molecule has 2 unspecified atom stereocenters. The summed E-state index contributed by atoms with van der Waals surface area (Å²) in [6.45, 7) is 2.80. The molecular formula is C28H25BrN2O4. The summed E-state index contributed by atoms with van der Waals surface area (Å²) >= 11 is 3.71. The maximum Gasteiger partial charge on any atom is 0.231 e. The summed E-state index contributed by atoms with van der Waals surface area (Å²) in [7, 11) is 0. The summed E-state index contributed by atoms with van der Waals surface area (Å²) in [4.78, 5) is 13.8. The number of halogens is 1. The van der Waals surface area contributed by atoms with Crippen molar-refractivity contribution < 1.29 is 19.0 Å². The highest BCUT2D eigenvalue weighted by atomic mass is 79.9. The molecule has 0 radical (unpaired) electrons. The van der Waals surface area contributed by atoms with E-state index in [4.69, 9.17) is 14.2 Å². The van der Waals surface area contributed by atoms with Gasteiger partial charge in [0, 0.05) is 22.2 Å². The average molecular weight is 533 g/mol. The number of para-hydroxylation sites is 2. The first-order chi connectivity index (χ1) is 17.1. The van der Waals surface area contributed by atoms with Crippen LogP contribution in [0, 0.1) is 0 Å². The number of carbonyl (C=O) groups is 1. The SMILES string of the molecule is CCOc1ccc(C2CC(=O)C3=C(C2)Nc2ccccc2NC3c2cc3c(cc2Br)OCO3)cc1. The van der Waals surface area contributed by atoms with Crippen LogP contribution in [0.1, 0.15) is 42.9 Å². The van der Waals surface area contributed by atoms with Gasteiger partial charge in [-0.2, -0.15) is 0 Å². The molecule has 0 aromatic heterocycles. The van der Waals surface area contributed by atoms with E-state index in [9.17, 15) is 4.79 Å². The number of Topliss-reactive ketones (excluding diaryl/α,β-unsaturated/α-hetero) is 1. The lowest BCUT2D eigenvalue weighted by molar-refractivity contribution is -0.116. The number of hydrogen-bond acceptors (Lipinski definition) is 6. The fourth-order valence-corrected chi connectivity index (χ4v) is 5.67. The van der Waals surface area contributed by atoms with E-state index in [1.807, 2.05) is 55.5 Å². The maximum atomic E-state index is 13.8. The Labute approximate surface area is 212 Å². The molecule has 3 aromatic carbocycles. The lowest BCUT2D eigenvalue weighted by Gasteiger charge is -2.30. The van der Waals surface area contributed by atoms with Crippen molar-refractivity contribution in [2.75, 3.05) is 24.0 Å². The first kappa shape index (κ1) is 22.0. The Morgan fingerprint density at radius 1 is 1.00 bits per heavy atom. The van der Waals surface area contributed by atoms with Crippen molar-refractivity contribution in [3.05, 3.63) is 87.5 Å². The Kier molecular flexibility index (Phi) is 5.65. The van der Waals surface area contributed by atoms with E-state index in [-0.39, 0.29) is 24.5 Å². The predicted molar refractivity (Wildman–Crippen MR) is 138 cm³/mol. The Morgan fingerprint density at radius 3 is 2.51 bits per heavy atom. The molecule has 178 valence electrons. The monoisotopic (exact) mass is 532 g/mol. The summed E-state index contributed by atoms with van der Waals surface area (Å²) in [6, 6.07) is 19.7. The minimum absolute atomic E-state index is 0.0931. The van der Waals surface area contributed by atoms with Crippen molar-refractivity contribution >= 4 is 33.1 Å². The van der Waals surface area contributed by atoms with Gasteiger partial charge in [-0.15, -0.1) is 0 Å². The van der Waals surface area contributed by atoms with Crippen molar-refractivity contribution in [1.29, 1.82) is 0 Å². The number of benzene rings is 3. The summed E-state index contributed by atoms with van der Waals surface area (Å²) in [6.07, 6.45) is 1.19. The van der Waals surface area contributed by atoms with E-state index < -0.39 is 0 Å². The van der Waals surface area contributed by atoms with E-state index in [0.29, 0.717) is 24.5 Å². The van der Waals surface area contributed by atoms with Crippen LogP contribution in [0.2, 0.25) is 0 Å². The molecule has 6 nitrogen and oxygen atoms in total. The van der Waals surface area contributed by atoms with Crippen LogP contribution >= 0.6 is 15.9 Å². The summed E-state index contributed by atoms with van der Waals surface area (Å²) in [5, 5.41) is 7.22. The second-order valence-electron chi connectivity index (χ2n) is 8.90. The Hall–Kier alpha value is -3.45. The van der Waals surface area contributed by atoms with Crippen LogP contribution in [-0.2, 0) is 4.79 Å². The molecule has 2 aliphatic heterocycles. The van der Waals surface area contributed by atoms with Gasteiger partial charge in [-0.05, 0) is 66.8 Å². The van der Waals surface area contributed by atoms with Crippen LogP contribution in [0.5, 0.6) is 17.2 Å². The largest absolute Gasteiger partial charge is 0.494 e. The van der Waals surface area contributed by atoms with E-state index in [1.165, 1.54) is 0 Å². The highest BCUT2D eigenvalue weighted by Crippen LogP contribution is 2.47. The zero-order chi connectivity index (χ0) is 23.9. The Bertz CT molecular complexity index is 1340. The van der Waals surface area contributed by atoms with Crippen LogP contribution in [0.4, 0.5) is 11.4 Å². The lowest BCUT2D eigenvalue weighted by atomic mass is 9.78. The zero-order valence-corrected chi connectivity index (χ0v) is 20.9. The Balaban J connectivity index is 1.42. The summed E-state index contributed by atoms with van der Waals surface area (Å²) < 4.78 is 17.7. The molecule has 2 heterocycles. The predicted octanol–water partition coefficient (Wildman–Crippen LogP) is 6.56. The van der Waals surface area contributed by atoms with Crippen LogP contribution in [0.25, 0.3) is 0 Å². The van der Waals surface area contributed by atoms with Crippen LogP contribution in [-0.4, -0.2) is 19.2 Å². The normalized spacial score (nSPS) is 20.3. The van der Waals surface area contributed by atoms with E-state index >= 15 is 0 Å². The fraction of sp³-hybridized carbons (Fsp3) is 0.250. The van der Waals surface area contributed by atoms with Crippen molar-refractivity contribution in [2.24, 2.45) is 0 Å². The molecule has 3 aliphatic rings. The topological polar surface area (TPSA) is 68.8 Å². The highest BCUT2D eigenvalue weighted by Gasteiger charge is 2.37. The number of rotatable bonds is 4.